The molecule has 0 atom stereocenters. The molecule has 0 radical (unpaired) electrons. The summed E-state index contributed by atoms with van der Waals surface area (Å²) in [5, 5.41) is 8.90. The molecule has 0 aliphatic heterocycles. The van der Waals surface area contributed by atoms with Gasteiger partial charge in [-0.05, 0) is 30.5 Å². The number of nitrogens with zero attached hydrogens (tertiary/aromatic N) is 1. The topological polar surface area (TPSA) is 50.1 Å². The van der Waals surface area contributed by atoms with Gasteiger partial charge in [0.15, 0.2) is 5.78 Å². The Morgan fingerprint density at radius 3 is 2.87 bits per heavy atom. The van der Waals surface area contributed by atoms with Gasteiger partial charge in [-0.3, -0.25) is 4.79 Å². The van der Waals surface area contributed by atoms with Crippen LogP contribution in [0.15, 0.2) is 12.1 Å². The Labute approximate surface area is 88.3 Å². The lowest BCUT2D eigenvalue weighted by Crippen LogP contribution is -2.11. The van der Waals surface area contributed by atoms with Crippen molar-refractivity contribution in [1.82, 2.24) is 0 Å². The molecule has 0 heterocycles. The lowest BCUT2D eigenvalue weighted by atomic mass is 9.89. The van der Waals surface area contributed by atoms with E-state index in [0.717, 1.165) is 18.4 Å². The number of nitriles is 1. The number of hydrogen-bond donors (Lipinski definition) is 0. The van der Waals surface area contributed by atoms with Gasteiger partial charge >= 0.3 is 0 Å². The second-order valence-electron chi connectivity index (χ2n) is 3.60. The zero-order valence-electron chi connectivity index (χ0n) is 8.54. The van der Waals surface area contributed by atoms with E-state index in [0.29, 0.717) is 23.3 Å². The number of hydrogen-bond acceptors (Lipinski definition) is 3. The first kappa shape index (κ1) is 9.72. The minimum atomic E-state index is 0.135. The third-order valence-corrected chi connectivity index (χ3v) is 2.70. The quantitative estimate of drug-likeness (QED) is 0.699. The van der Waals surface area contributed by atoms with Crippen molar-refractivity contribution in [3.8, 4) is 11.8 Å². The van der Waals surface area contributed by atoms with E-state index < -0.39 is 0 Å². The Morgan fingerprint density at radius 1 is 1.40 bits per heavy atom. The number of fused-ring (bicyclic) bond motifs is 1. The molecule has 3 heteroatoms. The molecule has 0 saturated carbocycles. The first-order chi connectivity index (χ1) is 7.26. The van der Waals surface area contributed by atoms with Gasteiger partial charge < -0.3 is 4.74 Å². The van der Waals surface area contributed by atoms with Crippen LogP contribution in [0.2, 0.25) is 0 Å². The Hall–Kier alpha value is -1.82. The van der Waals surface area contributed by atoms with Gasteiger partial charge in [0.05, 0.1) is 12.7 Å². The van der Waals surface area contributed by atoms with Gasteiger partial charge in [0, 0.05) is 12.0 Å². The van der Waals surface area contributed by atoms with E-state index in [9.17, 15) is 4.79 Å². The molecule has 1 aliphatic carbocycles. The highest BCUT2D eigenvalue weighted by atomic mass is 16.5. The first-order valence-electron chi connectivity index (χ1n) is 4.90. The van der Waals surface area contributed by atoms with Crippen LogP contribution in [0.5, 0.6) is 5.75 Å². The Balaban J connectivity index is 2.59. The average molecular weight is 201 g/mol. The highest BCUT2D eigenvalue weighted by Gasteiger charge is 2.19. The second-order valence-corrected chi connectivity index (χ2v) is 3.60. The van der Waals surface area contributed by atoms with Gasteiger partial charge in [-0.25, -0.2) is 0 Å². The predicted octanol–water partition coefficient (Wildman–Crippen LogP) is 2.09. The summed E-state index contributed by atoms with van der Waals surface area (Å²) in [7, 11) is 1.53. The van der Waals surface area contributed by atoms with E-state index in [4.69, 9.17) is 10.00 Å². The number of carbonyl (C=O) groups excluding carboxylic acids is 1. The van der Waals surface area contributed by atoms with E-state index in [2.05, 4.69) is 0 Å². The largest absolute Gasteiger partial charge is 0.495 e. The lowest BCUT2D eigenvalue weighted by molar-refractivity contribution is 0.0972. The maximum atomic E-state index is 11.6. The van der Waals surface area contributed by atoms with Gasteiger partial charge in [0.1, 0.15) is 11.8 Å². The Kier molecular flexibility index (Phi) is 2.42. The summed E-state index contributed by atoms with van der Waals surface area (Å²) in [6.07, 6.45) is 2.37. The van der Waals surface area contributed by atoms with Crippen molar-refractivity contribution in [2.75, 3.05) is 7.11 Å². The molecule has 76 valence electrons. The molecule has 0 N–H and O–H groups in total. The van der Waals surface area contributed by atoms with Crippen LogP contribution in [0.1, 0.15) is 34.3 Å². The Morgan fingerprint density at radius 2 is 2.20 bits per heavy atom. The summed E-state index contributed by atoms with van der Waals surface area (Å²) in [5.74, 6) is 0.696. The standard InChI is InChI=1S/C12H11NO2/c1-15-12-6-8-3-2-4-11(14)10(8)5-9(12)7-13/h5-6H,2-4H2,1H3. The van der Waals surface area contributed by atoms with Crippen LogP contribution in [-0.4, -0.2) is 12.9 Å². The van der Waals surface area contributed by atoms with Crippen molar-refractivity contribution < 1.29 is 9.53 Å². The van der Waals surface area contributed by atoms with Crippen LogP contribution in [0.25, 0.3) is 0 Å². The fraction of sp³-hybridized carbons (Fsp3) is 0.333. The van der Waals surface area contributed by atoms with Crippen LogP contribution in [0.4, 0.5) is 0 Å². The van der Waals surface area contributed by atoms with Crippen molar-refractivity contribution in [2.45, 2.75) is 19.3 Å². The van der Waals surface area contributed by atoms with Gasteiger partial charge in [-0.2, -0.15) is 5.26 Å². The number of rotatable bonds is 1. The molecule has 2 rings (SSSR count). The van der Waals surface area contributed by atoms with Gasteiger partial charge in [-0.15, -0.1) is 0 Å². The fourth-order valence-electron chi connectivity index (χ4n) is 1.92. The normalized spacial score (nSPS) is 14.3. The zero-order chi connectivity index (χ0) is 10.8. The number of carbonyl (C=O) groups is 1. The number of benzene rings is 1. The molecule has 15 heavy (non-hydrogen) atoms. The summed E-state index contributed by atoms with van der Waals surface area (Å²) in [5.41, 5.74) is 2.13. The lowest BCUT2D eigenvalue weighted by Gasteiger charge is -2.16. The molecular formula is C12H11NO2. The number of methoxy groups -OCH3 is 1. The zero-order valence-corrected chi connectivity index (χ0v) is 8.54. The summed E-state index contributed by atoms with van der Waals surface area (Å²) in [6.45, 7) is 0. The van der Waals surface area contributed by atoms with E-state index in [1.165, 1.54) is 7.11 Å². The van der Waals surface area contributed by atoms with Gasteiger partial charge in [0.25, 0.3) is 0 Å². The van der Waals surface area contributed by atoms with Crippen LogP contribution < -0.4 is 4.74 Å². The minimum absolute atomic E-state index is 0.135. The van der Waals surface area contributed by atoms with E-state index in [1.807, 2.05) is 12.1 Å². The van der Waals surface area contributed by atoms with Crippen LogP contribution in [0, 0.1) is 11.3 Å². The first-order valence-corrected chi connectivity index (χ1v) is 4.90. The van der Waals surface area contributed by atoms with Gasteiger partial charge in [-0.1, -0.05) is 0 Å². The Bertz CT molecular complexity index is 457. The summed E-state index contributed by atoms with van der Waals surface area (Å²) in [4.78, 5) is 11.6. The van der Waals surface area contributed by atoms with Crippen molar-refractivity contribution in [3.05, 3.63) is 28.8 Å². The monoisotopic (exact) mass is 201 g/mol. The maximum Gasteiger partial charge on any atom is 0.163 e. The number of Topliss-reactive ketones (excluding diaryl/α,β-unsaturated/α-hetero) is 1. The number of ketones is 1. The smallest absolute Gasteiger partial charge is 0.163 e. The average Bonchev–Trinajstić information content (AvgIpc) is 2.28. The molecule has 1 aromatic rings. The molecule has 0 unspecified atom stereocenters. The van der Waals surface area contributed by atoms with Crippen molar-refractivity contribution >= 4 is 5.78 Å². The highest BCUT2D eigenvalue weighted by Crippen LogP contribution is 2.28. The molecule has 0 spiro atoms. The molecule has 0 fully saturated rings. The molecule has 0 aromatic heterocycles. The molecule has 0 amide bonds. The van der Waals surface area contributed by atoms with Crippen LogP contribution >= 0.6 is 0 Å². The number of aryl methyl sites for hydroxylation is 1. The van der Waals surface area contributed by atoms with E-state index in [-0.39, 0.29) is 5.78 Å². The summed E-state index contributed by atoms with van der Waals surface area (Å²) >= 11 is 0. The fourth-order valence-corrected chi connectivity index (χ4v) is 1.92. The minimum Gasteiger partial charge on any atom is -0.495 e. The second kappa shape index (κ2) is 3.74. The van der Waals surface area contributed by atoms with Gasteiger partial charge in [0.2, 0.25) is 0 Å². The van der Waals surface area contributed by atoms with Crippen molar-refractivity contribution in [2.24, 2.45) is 0 Å². The molecule has 1 aromatic carbocycles. The van der Waals surface area contributed by atoms with Crippen LogP contribution in [0.3, 0.4) is 0 Å². The third kappa shape index (κ3) is 1.59. The highest BCUT2D eigenvalue weighted by molar-refractivity contribution is 5.99. The van der Waals surface area contributed by atoms with E-state index >= 15 is 0 Å². The van der Waals surface area contributed by atoms with E-state index in [1.54, 1.807) is 6.07 Å². The molecule has 0 saturated heterocycles. The summed E-state index contributed by atoms with van der Waals surface area (Å²) < 4.78 is 5.10. The molecule has 1 aliphatic rings. The number of ether oxygens (including phenoxy) is 1. The molecule has 0 bridgehead atoms. The molecule has 3 nitrogen and oxygen atoms in total. The third-order valence-electron chi connectivity index (χ3n) is 2.70. The SMILES string of the molecule is COc1cc2c(cc1C#N)C(=O)CCC2. The van der Waals surface area contributed by atoms with Crippen molar-refractivity contribution in [3.63, 3.8) is 0 Å². The van der Waals surface area contributed by atoms with Crippen molar-refractivity contribution in [1.29, 1.82) is 5.26 Å². The molecular weight excluding hydrogens is 190 g/mol. The maximum absolute atomic E-state index is 11.6. The predicted molar refractivity (Wildman–Crippen MR) is 55.0 cm³/mol. The summed E-state index contributed by atoms with van der Waals surface area (Å²) in [6, 6.07) is 5.50. The van der Waals surface area contributed by atoms with Crippen LogP contribution in [-0.2, 0) is 6.42 Å².